The van der Waals surface area contributed by atoms with Gasteiger partial charge in [0.15, 0.2) is 0 Å². The number of pyridine rings is 1. The van der Waals surface area contributed by atoms with Crippen LogP contribution in [0.2, 0.25) is 5.02 Å². The fourth-order valence-corrected chi connectivity index (χ4v) is 2.66. The summed E-state index contributed by atoms with van der Waals surface area (Å²) < 4.78 is 5.21. The molecule has 6 heteroatoms. The Hall–Kier alpha value is -2.66. The lowest BCUT2D eigenvalue weighted by atomic mass is 10.1. The summed E-state index contributed by atoms with van der Waals surface area (Å²) in [6.45, 7) is 2.22. The zero-order valence-corrected chi connectivity index (χ0v) is 13.9. The van der Waals surface area contributed by atoms with Crippen LogP contribution in [-0.4, -0.2) is 22.6 Å². The number of hydrogen-bond donors (Lipinski definition) is 1. The van der Waals surface area contributed by atoms with E-state index in [0.29, 0.717) is 34.1 Å². The number of benzene rings is 1. The first-order valence-electron chi connectivity index (χ1n) is 7.55. The maximum Gasteiger partial charge on any atom is 0.257 e. The van der Waals surface area contributed by atoms with Gasteiger partial charge in [0.2, 0.25) is 0 Å². The molecule has 0 unspecified atom stereocenters. The summed E-state index contributed by atoms with van der Waals surface area (Å²) in [7, 11) is 0. The number of halogens is 1. The molecule has 5 nitrogen and oxygen atoms in total. The van der Waals surface area contributed by atoms with Gasteiger partial charge >= 0.3 is 0 Å². The molecule has 1 N–H and O–H groups in total. The van der Waals surface area contributed by atoms with Crippen molar-refractivity contribution in [2.75, 3.05) is 6.54 Å². The van der Waals surface area contributed by atoms with Crippen LogP contribution in [0.4, 0.5) is 0 Å². The zero-order chi connectivity index (χ0) is 16.9. The van der Waals surface area contributed by atoms with Gasteiger partial charge in [-0.15, -0.1) is 0 Å². The quantitative estimate of drug-likeness (QED) is 0.768. The van der Waals surface area contributed by atoms with Crippen LogP contribution in [0.25, 0.3) is 11.3 Å². The highest BCUT2D eigenvalue weighted by molar-refractivity contribution is 6.33. The van der Waals surface area contributed by atoms with Crippen LogP contribution in [0, 0.1) is 6.92 Å². The summed E-state index contributed by atoms with van der Waals surface area (Å²) in [4.78, 5) is 16.5. The number of rotatable bonds is 5. The third-order valence-corrected chi connectivity index (χ3v) is 4.00. The molecular formula is C18H16ClN3O2. The largest absolute Gasteiger partial charge is 0.360 e. The minimum atomic E-state index is -0.224. The number of nitrogens with one attached hydrogen (secondary N) is 1. The standard InChI is InChI=1S/C18H16ClN3O2/c1-12-16(17(22-24-12)14-4-2-3-5-15(14)19)18(23)21-11-8-13-6-9-20-10-7-13/h2-7,9-10H,8,11H2,1H3,(H,21,23). The van der Waals surface area contributed by atoms with E-state index in [9.17, 15) is 4.79 Å². The first-order chi connectivity index (χ1) is 11.7. The Labute approximate surface area is 144 Å². The van der Waals surface area contributed by atoms with Gasteiger partial charge in [-0.2, -0.15) is 0 Å². The molecule has 24 heavy (non-hydrogen) atoms. The molecule has 1 amide bonds. The topological polar surface area (TPSA) is 68.0 Å². The first-order valence-corrected chi connectivity index (χ1v) is 7.93. The van der Waals surface area contributed by atoms with Crippen LogP contribution < -0.4 is 5.32 Å². The Morgan fingerprint density at radius 1 is 1.21 bits per heavy atom. The third-order valence-electron chi connectivity index (χ3n) is 3.67. The molecule has 3 rings (SSSR count). The van der Waals surface area contributed by atoms with Gasteiger partial charge in [0.25, 0.3) is 5.91 Å². The summed E-state index contributed by atoms with van der Waals surface area (Å²) in [5, 5.41) is 7.43. The van der Waals surface area contributed by atoms with Crippen molar-refractivity contribution in [1.82, 2.24) is 15.5 Å². The Kier molecular flexibility index (Phi) is 4.91. The van der Waals surface area contributed by atoms with Gasteiger partial charge in [0.1, 0.15) is 17.0 Å². The molecule has 0 saturated heterocycles. The molecule has 2 aromatic heterocycles. The second-order valence-electron chi connectivity index (χ2n) is 5.30. The molecular weight excluding hydrogens is 326 g/mol. The van der Waals surface area contributed by atoms with Gasteiger partial charge in [-0.05, 0) is 37.1 Å². The Balaban J connectivity index is 1.76. The summed E-state index contributed by atoms with van der Waals surface area (Å²) in [5.74, 6) is 0.240. The predicted octanol–water partition coefficient (Wildman–Crippen LogP) is 3.67. The molecule has 0 saturated carbocycles. The lowest BCUT2D eigenvalue weighted by Crippen LogP contribution is -2.26. The summed E-state index contributed by atoms with van der Waals surface area (Å²) >= 11 is 6.21. The minimum absolute atomic E-state index is 0.224. The van der Waals surface area contributed by atoms with Crippen molar-refractivity contribution in [1.29, 1.82) is 0 Å². The number of carbonyl (C=O) groups excluding carboxylic acids is 1. The molecule has 122 valence electrons. The maximum absolute atomic E-state index is 12.6. The van der Waals surface area contributed by atoms with Gasteiger partial charge in [-0.3, -0.25) is 9.78 Å². The zero-order valence-electron chi connectivity index (χ0n) is 13.1. The fourth-order valence-electron chi connectivity index (χ4n) is 2.43. The van der Waals surface area contributed by atoms with Crippen molar-refractivity contribution >= 4 is 17.5 Å². The minimum Gasteiger partial charge on any atom is -0.360 e. The lowest BCUT2D eigenvalue weighted by molar-refractivity contribution is 0.0953. The van der Waals surface area contributed by atoms with Gasteiger partial charge < -0.3 is 9.84 Å². The summed E-state index contributed by atoms with van der Waals surface area (Å²) in [5.41, 5.74) is 2.66. The van der Waals surface area contributed by atoms with Crippen LogP contribution in [-0.2, 0) is 6.42 Å². The molecule has 0 aliphatic carbocycles. The van der Waals surface area contributed by atoms with Crippen LogP contribution >= 0.6 is 11.6 Å². The number of hydrogen-bond acceptors (Lipinski definition) is 4. The van der Waals surface area contributed by atoms with E-state index in [0.717, 1.165) is 12.0 Å². The van der Waals surface area contributed by atoms with Gasteiger partial charge in [0, 0.05) is 24.5 Å². The Bertz CT molecular complexity index is 846. The molecule has 0 aliphatic heterocycles. The normalized spacial score (nSPS) is 10.6. The highest BCUT2D eigenvalue weighted by Gasteiger charge is 2.22. The van der Waals surface area contributed by atoms with Crippen molar-refractivity contribution in [3.63, 3.8) is 0 Å². The highest BCUT2D eigenvalue weighted by atomic mass is 35.5. The highest BCUT2D eigenvalue weighted by Crippen LogP contribution is 2.30. The summed E-state index contributed by atoms with van der Waals surface area (Å²) in [6, 6.07) is 11.1. The van der Waals surface area contributed by atoms with E-state index in [-0.39, 0.29) is 5.91 Å². The third kappa shape index (κ3) is 3.46. The van der Waals surface area contributed by atoms with Crippen molar-refractivity contribution in [3.05, 3.63) is 70.7 Å². The van der Waals surface area contributed by atoms with Crippen molar-refractivity contribution in [3.8, 4) is 11.3 Å². The first kappa shape index (κ1) is 16.2. The van der Waals surface area contributed by atoms with E-state index in [1.807, 2.05) is 30.3 Å². The van der Waals surface area contributed by atoms with E-state index in [1.54, 1.807) is 25.4 Å². The second-order valence-corrected chi connectivity index (χ2v) is 5.71. The number of amides is 1. The fraction of sp³-hybridized carbons (Fsp3) is 0.167. The molecule has 3 aromatic rings. The maximum atomic E-state index is 12.6. The van der Waals surface area contributed by atoms with Crippen LogP contribution in [0.5, 0.6) is 0 Å². The molecule has 0 radical (unpaired) electrons. The van der Waals surface area contributed by atoms with E-state index >= 15 is 0 Å². The molecule has 0 bridgehead atoms. The monoisotopic (exact) mass is 341 g/mol. The SMILES string of the molecule is Cc1onc(-c2ccccc2Cl)c1C(=O)NCCc1ccncc1. The molecule has 0 aliphatic rings. The smallest absolute Gasteiger partial charge is 0.257 e. The van der Waals surface area contributed by atoms with Gasteiger partial charge in [-0.1, -0.05) is 35.0 Å². The van der Waals surface area contributed by atoms with E-state index in [4.69, 9.17) is 16.1 Å². The number of aryl methyl sites for hydroxylation is 1. The Morgan fingerprint density at radius 3 is 2.71 bits per heavy atom. The van der Waals surface area contributed by atoms with E-state index < -0.39 is 0 Å². The van der Waals surface area contributed by atoms with Crippen molar-refractivity contribution in [2.45, 2.75) is 13.3 Å². The molecule has 0 spiro atoms. The summed E-state index contributed by atoms with van der Waals surface area (Å²) in [6.07, 6.45) is 4.19. The average molecular weight is 342 g/mol. The van der Waals surface area contributed by atoms with Crippen molar-refractivity contribution in [2.24, 2.45) is 0 Å². The average Bonchev–Trinajstić information content (AvgIpc) is 2.97. The second kappa shape index (κ2) is 7.27. The number of carbonyl (C=O) groups is 1. The van der Waals surface area contributed by atoms with Crippen molar-refractivity contribution < 1.29 is 9.32 Å². The molecule has 2 heterocycles. The predicted molar refractivity (Wildman–Crippen MR) is 92.0 cm³/mol. The molecule has 1 aromatic carbocycles. The Morgan fingerprint density at radius 2 is 1.96 bits per heavy atom. The number of nitrogens with zero attached hydrogens (tertiary/aromatic N) is 2. The van der Waals surface area contributed by atoms with Gasteiger partial charge in [-0.25, -0.2) is 0 Å². The lowest BCUT2D eigenvalue weighted by Gasteiger charge is -2.07. The van der Waals surface area contributed by atoms with E-state index in [1.165, 1.54) is 0 Å². The van der Waals surface area contributed by atoms with Gasteiger partial charge in [0.05, 0.1) is 5.02 Å². The van der Waals surface area contributed by atoms with Crippen LogP contribution in [0.1, 0.15) is 21.7 Å². The van der Waals surface area contributed by atoms with Crippen LogP contribution in [0.15, 0.2) is 53.3 Å². The van der Waals surface area contributed by atoms with E-state index in [2.05, 4.69) is 15.5 Å². The number of aromatic nitrogens is 2. The molecule has 0 atom stereocenters. The van der Waals surface area contributed by atoms with Crippen LogP contribution in [0.3, 0.4) is 0 Å². The molecule has 0 fully saturated rings.